The van der Waals surface area contributed by atoms with Gasteiger partial charge in [0.05, 0.1) is 0 Å². The molecule has 2 heteroatoms. The number of fused-ring (bicyclic) bond motifs is 3. The van der Waals surface area contributed by atoms with E-state index in [1.165, 1.54) is 19.9 Å². The van der Waals surface area contributed by atoms with Crippen LogP contribution in [0.15, 0.2) is 40.8 Å². The zero-order valence-corrected chi connectivity index (χ0v) is 10.4. The van der Waals surface area contributed by atoms with Crippen LogP contribution in [0.25, 0.3) is 21.9 Å². The molecule has 2 aromatic carbocycles. The SMILES string of the molecule is Cc1ccc(I)c2c1oc1ccccc12. The molecule has 0 unspecified atom stereocenters. The molecule has 1 nitrogen and oxygen atoms in total. The van der Waals surface area contributed by atoms with Crippen molar-refractivity contribution in [2.24, 2.45) is 0 Å². The van der Waals surface area contributed by atoms with Crippen molar-refractivity contribution in [3.8, 4) is 0 Å². The third kappa shape index (κ3) is 1.28. The number of halogens is 1. The van der Waals surface area contributed by atoms with Crippen LogP contribution < -0.4 is 0 Å². The molecule has 1 aromatic heterocycles. The first kappa shape index (κ1) is 9.21. The molecule has 0 atom stereocenters. The lowest BCUT2D eigenvalue weighted by molar-refractivity contribution is 0.665. The molecule has 0 spiro atoms. The summed E-state index contributed by atoms with van der Waals surface area (Å²) in [6, 6.07) is 12.4. The highest BCUT2D eigenvalue weighted by Crippen LogP contribution is 2.33. The van der Waals surface area contributed by atoms with Gasteiger partial charge in [0.15, 0.2) is 0 Å². The van der Waals surface area contributed by atoms with Crippen LogP contribution in [0.2, 0.25) is 0 Å². The molecule has 0 aliphatic heterocycles. The zero-order chi connectivity index (χ0) is 10.4. The molecular formula is C13H9IO. The minimum Gasteiger partial charge on any atom is -0.456 e. The molecule has 0 N–H and O–H groups in total. The highest BCUT2D eigenvalue weighted by atomic mass is 127. The predicted octanol–water partition coefficient (Wildman–Crippen LogP) is 4.50. The Balaban J connectivity index is 2.66. The van der Waals surface area contributed by atoms with Crippen molar-refractivity contribution in [3.05, 3.63) is 45.5 Å². The largest absolute Gasteiger partial charge is 0.456 e. The first-order valence-electron chi connectivity index (χ1n) is 4.84. The molecule has 0 aliphatic carbocycles. The van der Waals surface area contributed by atoms with Crippen molar-refractivity contribution in [1.29, 1.82) is 0 Å². The molecule has 0 amide bonds. The number of aryl methyl sites for hydroxylation is 1. The summed E-state index contributed by atoms with van der Waals surface area (Å²) >= 11 is 2.36. The van der Waals surface area contributed by atoms with Crippen LogP contribution in [0.1, 0.15) is 5.56 Å². The Morgan fingerprint density at radius 2 is 1.87 bits per heavy atom. The number of benzene rings is 2. The van der Waals surface area contributed by atoms with Gasteiger partial charge in [-0.2, -0.15) is 0 Å². The lowest BCUT2D eigenvalue weighted by atomic mass is 10.1. The minimum atomic E-state index is 0.972. The number of para-hydroxylation sites is 1. The summed E-state index contributed by atoms with van der Waals surface area (Å²) in [5, 5.41) is 2.45. The van der Waals surface area contributed by atoms with E-state index < -0.39 is 0 Å². The number of furan rings is 1. The van der Waals surface area contributed by atoms with Gasteiger partial charge >= 0.3 is 0 Å². The summed E-state index contributed by atoms with van der Waals surface area (Å²) < 4.78 is 7.11. The fourth-order valence-electron chi connectivity index (χ4n) is 1.92. The van der Waals surface area contributed by atoms with Crippen molar-refractivity contribution >= 4 is 44.5 Å². The molecule has 0 aliphatic rings. The van der Waals surface area contributed by atoms with Crippen LogP contribution in [0.3, 0.4) is 0 Å². The summed E-state index contributed by atoms with van der Waals surface area (Å²) in [4.78, 5) is 0. The second-order valence-corrected chi connectivity index (χ2v) is 4.83. The van der Waals surface area contributed by atoms with Gasteiger partial charge in [0, 0.05) is 14.3 Å². The molecule has 0 bridgehead atoms. The van der Waals surface area contributed by atoms with Gasteiger partial charge in [-0.05, 0) is 47.2 Å². The van der Waals surface area contributed by atoms with E-state index in [0.29, 0.717) is 0 Å². The van der Waals surface area contributed by atoms with Gasteiger partial charge in [0.1, 0.15) is 11.2 Å². The standard InChI is InChI=1S/C13H9IO/c1-8-6-7-10(14)12-9-4-2-3-5-11(9)15-13(8)12/h2-7H,1H3. The molecule has 1 heterocycles. The molecule has 74 valence electrons. The Morgan fingerprint density at radius 3 is 2.73 bits per heavy atom. The van der Waals surface area contributed by atoms with Crippen molar-refractivity contribution in [2.75, 3.05) is 0 Å². The Labute approximate surface area is 101 Å². The fourth-order valence-corrected chi connectivity index (χ4v) is 2.63. The quantitative estimate of drug-likeness (QED) is 0.557. The minimum absolute atomic E-state index is 0.972. The van der Waals surface area contributed by atoms with E-state index in [1.54, 1.807) is 0 Å². The molecule has 3 aromatic rings. The molecule has 3 rings (SSSR count). The average Bonchev–Trinajstić information content (AvgIpc) is 2.64. The van der Waals surface area contributed by atoms with E-state index in [2.05, 4.69) is 53.8 Å². The first-order valence-corrected chi connectivity index (χ1v) is 5.91. The predicted molar refractivity (Wildman–Crippen MR) is 71.2 cm³/mol. The van der Waals surface area contributed by atoms with Gasteiger partial charge in [-0.25, -0.2) is 0 Å². The Hall–Kier alpha value is -1.03. The summed E-state index contributed by atoms with van der Waals surface area (Å²) in [6.07, 6.45) is 0. The molecule has 0 saturated carbocycles. The van der Waals surface area contributed by atoms with E-state index >= 15 is 0 Å². The molecule has 15 heavy (non-hydrogen) atoms. The molecular weight excluding hydrogens is 299 g/mol. The second-order valence-electron chi connectivity index (χ2n) is 3.67. The maximum absolute atomic E-state index is 5.86. The molecule has 0 fully saturated rings. The van der Waals surface area contributed by atoms with Crippen LogP contribution in [0.5, 0.6) is 0 Å². The average molecular weight is 308 g/mol. The van der Waals surface area contributed by atoms with Crippen LogP contribution in [-0.4, -0.2) is 0 Å². The lowest BCUT2D eigenvalue weighted by Crippen LogP contribution is -1.77. The number of rotatable bonds is 0. The molecule has 0 saturated heterocycles. The summed E-state index contributed by atoms with van der Waals surface area (Å²) in [7, 11) is 0. The summed E-state index contributed by atoms with van der Waals surface area (Å²) in [5.74, 6) is 0. The van der Waals surface area contributed by atoms with E-state index in [1.807, 2.05) is 12.1 Å². The van der Waals surface area contributed by atoms with Gasteiger partial charge in [0.2, 0.25) is 0 Å². The van der Waals surface area contributed by atoms with Gasteiger partial charge in [0.25, 0.3) is 0 Å². The zero-order valence-electron chi connectivity index (χ0n) is 8.25. The highest BCUT2D eigenvalue weighted by molar-refractivity contribution is 14.1. The smallest absolute Gasteiger partial charge is 0.139 e. The van der Waals surface area contributed by atoms with Crippen molar-refractivity contribution in [2.45, 2.75) is 6.92 Å². The van der Waals surface area contributed by atoms with Crippen molar-refractivity contribution in [1.82, 2.24) is 0 Å². The Morgan fingerprint density at radius 1 is 1.07 bits per heavy atom. The highest BCUT2D eigenvalue weighted by Gasteiger charge is 2.10. The topological polar surface area (TPSA) is 13.1 Å². The van der Waals surface area contributed by atoms with Crippen LogP contribution in [0, 0.1) is 10.5 Å². The van der Waals surface area contributed by atoms with Gasteiger partial charge in [-0.15, -0.1) is 0 Å². The maximum Gasteiger partial charge on any atom is 0.139 e. The summed E-state index contributed by atoms with van der Waals surface area (Å²) in [5.41, 5.74) is 3.18. The Bertz CT molecular complexity index is 652. The Kier molecular flexibility index (Phi) is 1.99. The summed E-state index contributed by atoms with van der Waals surface area (Å²) in [6.45, 7) is 2.08. The normalized spacial score (nSPS) is 11.3. The van der Waals surface area contributed by atoms with Crippen LogP contribution in [-0.2, 0) is 0 Å². The van der Waals surface area contributed by atoms with Crippen LogP contribution >= 0.6 is 22.6 Å². The van der Waals surface area contributed by atoms with Gasteiger partial charge in [-0.3, -0.25) is 0 Å². The second kappa shape index (κ2) is 3.23. The van der Waals surface area contributed by atoms with E-state index in [0.717, 1.165) is 11.2 Å². The maximum atomic E-state index is 5.86. The third-order valence-electron chi connectivity index (χ3n) is 2.67. The molecule has 0 radical (unpaired) electrons. The van der Waals surface area contributed by atoms with E-state index in [-0.39, 0.29) is 0 Å². The fraction of sp³-hybridized carbons (Fsp3) is 0.0769. The number of hydrogen-bond acceptors (Lipinski definition) is 1. The van der Waals surface area contributed by atoms with Crippen LogP contribution in [0.4, 0.5) is 0 Å². The van der Waals surface area contributed by atoms with E-state index in [9.17, 15) is 0 Å². The first-order chi connectivity index (χ1) is 7.27. The van der Waals surface area contributed by atoms with Crippen molar-refractivity contribution in [3.63, 3.8) is 0 Å². The van der Waals surface area contributed by atoms with Gasteiger partial charge in [-0.1, -0.05) is 24.3 Å². The number of hydrogen-bond donors (Lipinski definition) is 0. The van der Waals surface area contributed by atoms with E-state index in [4.69, 9.17) is 4.42 Å². The monoisotopic (exact) mass is 308 g/mol. The van der Waals surface area contributed by atoms with Gasteiger partial charge < -0.3 is 4.42 Å². The van der Waals surface area contributed by atoms with Crippen molar-refractivity contribution < 1.29 is 4.42 Å². The third-order valence-corrected chi connectivity index (χ3v) is 3.57. The lowest BCUT2D eigenvalue weighted by Gasteiger charge is -1.96.